The number of rotatable bonds is 15. The van der Waals surface area contributed by atoms with Crippen molar-refractivity contribution in [1.29, 1.82) is 0 Å². The number of fused-ring (bicyclic) bond motifs is 2. The van der Waals surface area contributed by atoms with Gasteiger partial charge in [0.2, 0.25) is 0 Å². The van der Waals surface area contributed by atoms with Gasteiger partial charge in [-0.3, -0.25) is 9.59 Å². The Balaban J connectivity index is 2.18. The number of esters is 2. The zero-order valence-corrected chi connectivity index (χ0v) is 23.1. The quantitative estimate of drug-likeness (QED) is 0.180. The first-order valence-electron chi connectivity index (χ1n) is 14.3. The fraction of sp³-hybridized carbons (Fsp3) is 0.867. The molecular formula is C30H52O4. The summed E-state index contributed by atoms with van der Waals surface area (Å²) in [5.74, 6) is 0.641. The second kappa shape index (κ2) is 14.3. The lowest BCUT2D eigenvalue weighted by atomic mass is 9.53. The van der Waals surface area contributed by atoms with Crippen molar-refractivity contribution in [2.75, 3.05) is 13.2 Å². The Labute approximate surface area is 209 Å². The summed E-state index contributed by atoms with van der Waals surface area (Å²) >= 11 is 0. The number of carbonyl (C=O) groups is 2. The van der Waals surface area contributed by atoms with Crippen LogP contribution in [0, 0.1) is 47.3 Å². The van der Waals surface area contributed by atoms with Crippen LogP contribution in [0.2, 0.25) is 0 Å². The average molecular weight is 477 g/mol. The molecule has 0 spiro atoms. The minimum Gasteiger partial charge on any atom is -0.465 e. The molecule has 0 aromatic carbocycles. The average Bonchev–Trinajstić information content (AvgIpc) is 2.83. The maximum absolute atomic E-state index is 13.5. The zero-order valence-electron chi connectivity index (χ0n) is 23.1. The van der Waals surface area contributed by atoms with Gasteiger partial charge in [-0.05, 0) is 61.7 Å². The molecule has 0 amide bonds. The highest BCUT2D eigenvalue weighted by Gasteiger charge is 2.55. The van der Waals surface area contributed by atoms with Gasteiger partial charge in [0.05, 0.1) is 25.0 Å². The van der Waals surface area contributed by atoms with Crippen LogP contribution in [0.4, 0.5) is 0 Å². The van der Waals surface area contributed by atoms with Crippen LogP contribution in [0.5, 0.6) is 0 Å². The second-order valence-electron chi connectivity index (χ2n) is 11.4. The highest BCUT2D eigenvalue weighted by molar-refractivity contribution is 5.84. The van der Waals surface area contributed by atoms with E-state index in [1.54, 1.807) is 0 Å². The number of ether oxygens (including phenoxy) is 2. The SMILES string of the molecule is CCCCC(CC)COC(=O)[C@H]1[C@H](C(=O)OCC(CC)CCCC)[C@H]2C=C(C)[C@@H]1CC2C(C)C. The fourth-order valence-corrected chi connectivity index (χ4v) is 6.20. The van der Waals surface area contributed by atoms with Crippen molar-refractivity contribution in [1.82, 2.24) is 0 Å². The van der Waals surface area contributed by atoms with Crippen molar-refractivity contribution in [3.8, 4) is 0 Å². The highest BCUT2D eigenvalue weighted by atomic mass is 16.5. The van der Waals surface area contributed by atoms with Gasteiger partial charge < -0.3 is 9.47 Å². The van der Waals surface area contributed by atoms with E-state index < -0.39 is 11.8 Å². The van der Waals surface area contributed by atoms with Crippen LogP contribution >= 0.6 is 0 Å². The van der Waals surface area contributed by atoms with E-state index in [1.165, 1.54) is 5.57 Å². The molecule has 3 unspecified atom stereocenters. The Hall–Kier alpha value is -1.32. The lowest BCUT2D eigenvalue weighted by Gasteiger charge is -2.50. The highest BCUT2D eigenvalue weighted by Crippen LogP contribution is 2.54. The second-order valence-corrected chi connectivity index (χ2v) is 11.4. The van der Waals surface area contributed by atoms with Gasteiger partial charge in [-0.15, -0.1) is 0 Å². The van der Waals surface area contributed by atoms with Crippen molar-refractivity contribution >= 4 is 11.9 Å². The Bertz CT molecular complexity index is 667. The van der Waals surface area contributed by atoms with Crippen LogP contribution in [-0.4, -0.2) is 25.2 Å². The van der Waals surface area contributed by atoms with Gasteiger partial charge in [0.1, 0.15) is 0 Å². The molecule has 3 aliphatic rings. The first-order chi connectivity index (χ1) is 16.3. The molecule has 1 saturated carbocycles. The van der Waals surface area contributed by atoms with E-state index in [0.29, 0.717) is 36.9 Å². The maximum atomic E-state index is 13.5. The van der Waals surface area contributed by atoms with Gasteiger partial charge in [-0.1, -0.05) is 91.7 Å². The summed E-state index contributed by atoms with van der Waals surface area (Å²) in [5, 5.41) is 0. The summed E-state index contributed by atoms with van der Waals surface area (Å²) < 4.78 is 11.9. The lowest BCUT2D eigenvalue weighted by Crippen LogP contribution is -2.52. The monoisotopic (exact) mass is 476 g/mol. The number of allylic oxidation sites excluding steroid dienone is 2. The van der Waals surface area contributed by atoms with Crippen molar-refractivity contribution in [2.24, 2.45) is 47.3 Å². The normalized spacial score (nSPS) is 27.9. The molecule has 0 aromatic rings. The summed E-state index contributed by atoms with van der Waals surface area (Å²) in [7, 11) is 0. The molecule has 3 rings (SSSR count). The molecule has 7 atom stereocenters. The molecule has 1 fully saturated rings. The van der Waals surface area contributed by atoms with E-state index in [1.807, 2.05) is 0 Å². The summed E-state index contributed by atoms with van der Waals surface area (Å²) in [6.45, 7) is 16.3. The predicted octanol–water partition coefficient (Wildman–Crippen LogP) is 7.61. The third-order valence-electron chi connectivity index (χ3n) is 8.71. The zero-order chi connectivity index (χ0) is 25.3. The molecule has 0 saturated heterocycles. The van der Waals surface area contributed by atoms with Gasteiger partial charge in [-0.25, -0.2) is 0 Å². The molecule has 0 aliphatic heterocycles. The Morgan fingerprint density at radius 3 is 1.82 bits per heavy atom. The molecule has 0 radical (unpaired) electrons. The van der Waals surface area contributed by atoms with Crippen molar-refractivity contribution in [3.63, 3.8) is 0 Å². The fourth-order valence-electron chi connectivity index (χ4n) is 6.20. The summed E-state index contributed by atoms with van der Waals surface area (Å²) in [4.78, 5) is 27.0. The maximum Gasteiger partial charge on any atom is 0.310 e. The van der Waals surface area contributed by atoms with Gasteiger partial charge in [0.15, 0.2) is 0 Å². The molecule has 2 bridgehead atoms. The Morgan fingerprint density at radius 1 is 0.882 bits per heavy atom. The van der Waals surface area contributed by atoms with Crippen LogP contribution in [-0.2, 0) is 19.1 Å². The van der Waals surface area contributed by atoms with E-state index >= 15 is 0 Å². The molecule has 4 nitrogen and oxygen atoms in total. The molecule has 34 heavy (non-hydrogen) atoms. The minimum atomic E-state index is -0.415. The van der Waals surface area contributed by atoms with Crippen molar-refractivity contribution in [3.05, 3.63) is 11.6 Å². The van der Waals surface area contributed by atoms with Gasteiger partial charge in [-0.2, -0.15) is 0 Å². The van der Waals surface area contributed by atoms with E-state index in [-0.39, 0.29) is 23.8 Å². The molecule has 196 valence electrons. The largest absolute Gasteiger partial charge is 0.465 e. The molecule has 0 N–H and O–H groups in total. The molecule has 3 aliphatic carbocycles. The summed E-state index contributed by atoms with van der Waals surface area (Å²) in [6.07, 6.45) is 12.1. The molecule has 0 heterocycles. The topological polar surface area (TPSA) is 52.6 Å². The Kier molecular flexibility index (Phi) is 12.2. The minimum absolute atomic E-state index is 0.0628. The lowest BCUT2D eigenvalue weighted by molar-refractivity contribution is -0.172. The van der Waals surface area contributed by atoms with Gasteiger partial charge in [0.25, 0.3) is 0 Å². The van der Waals surface area contributed by atoms with Crippen molar-refractivity contribution in [2.45, 2.75) is 106 Å². The van der Waals surface area contributed by atoms with Crippen LogP contribution in [0.15, 0.2) is 11.6 Å². The van der Waals surface area contributed by atoms with E-state index in [2.05, 4.69) is 54.5 Å². The van der Waals surface area contributed by atoms with Gasteiger partial charge in [0, 0.05) is 0 Å². The summed E-state index contributed by atoms with van der Waals surface area (Å²) in [5.41, 5.74) is 1.25. The number of hydrogen-bond acceptors (Lipinski definition) is 4. The standard InChI is InChI=1S/C30H52O4/c1-8-12-14-22(10-3)18-33-29(31)27-25-17-24(20(5)6)26(16-21(25)7)28(27)30(32)34-19-23(11-4)15-13-9-2/h16,20,22-28H,8-15,17-19H2,1-7H3/t22?,23?,24?,25-,26-,27+,28+/m0/s1. The number of carbonyl (C=O) groups excluding carboxylic acids is 2. The molecular weight excluding hydrogens is 424 g/mol. The number of hydrogen-bond donors (Lipinski definition) is 0. The van der Waals surface area contributed by atoms with E-state index in [0.717, 1.165) is 57.8 Å². The molecule has 4 heteroatoms. The van der Waals surface area contributed by atoms with E-state index in [4.69, 9.17) is 9.47 Å². The van der Waals surface area contributed by atoms with Crippen LogP contribution in [0.3, 0.4) is 0 Å². The van der Waals surface area contributed by atoms with Crippen molar-refractivity contribution < 1.29 is 19.1 Å². The number of unbranched alkanes of at least 4 members (excludes halogenated alkanes) is 2. The third kappa shape index (κ3) is 7.34. The Morgan fingerprint density at radius 2 is 1.38 bits per heavy atom. The van der Waals surface area contributed by atoms with Crippen LogP contribution < -0.4 is 0 Å². The third-order valence-corrected chi connectivity index (χ3v) is 8.71. The van der Waals surface area contributed by atoms with Gasteiger partial charge >= 0.3 is 11.9 Å². The van der Waals surface area contributed by atoms with Crippen LogP contribution in [0.25, 0.3) is 0 Å². The smallest absolute Gasteiger partial charge is 0.310 e. The summed E-state index contributed by atoms with van der Waals surface area (Å²) in [6, 6.07) is 0. The molecule has 0 aromatic heterocycles. The first kappa shape index (κ1) is 28.9. The first-order valence-corrected chi connectivity index (χ1v) is 14.3. The van der Waals surface area contributed by atoms with Crippen LogP contribution in [0.1, 0.15) is 106 Å². The van der Waals surface area contributed by atoms with E-state index in [9.17, 15) is 9.59 Å². The predicted molar refractivity (Wildman–Crippen MR) is 139 cm³/mol.